The van der Waals surface area contributed by atoms with Gasteiger partial charge in [-0.2, -0.15) is 0 Å². The van der Waals surface area contributed by atoms with Gasteiger partial charge in [0.2, 0.25) is 11.8 Å². The first kappa shape index (κ1) is 29.8. The van der Waals surface area contributed by atoms with E-state index < -0.39 is 28.5 Å². The average molecular weight is 597 g/mol. The molecule has 202 valence electrons. The number of carbonyl (C=O) groups is 2. The SMILES string of the molecule is CCNC(=O)C(C)N(Cc1cccc(Cl)c1)C(=O)CN(c1cc(Cl)cc(Cl)c1)S(=O)(=O)c1ccc(C)cc1. The van der Waals surface area contributed by atoms with Gasteiger partial charge in [0.15, 0.2) is 0 Å². The van der Waals surface area contributed by atoms with Crippen molar-refractivity contribution < 1.29 is 18.0 Å². The number of sulfonamides is 1. The molecular formula is C27H28Cl3N3O4S. The predicted molar refractivity (Wildman–Crippen MR) is 152 cm³/mol. The summed E-state index contributed by atoms with van der Waals surface area (Å²) in [7, 11) is -4.22. The Balaban J connectivity index is 2.07. The van der Waals surface area contributed by atoms with Crippen molar-refractivity contribution in [3.05, 3.63) is 92.9 Å². The summed E-state index contributed by atoms with van der Waals surface area (Å²) < 4.78 is 28.6. The van der Waals surface area contributed by atoms with E-state index in [0.717, 1.165) is 9.87 Å². The maximum atomic E-state index is 13.8. The maximum absolute atomic E-state index is 13.8. The Kier molecular flexibility index (Phi) is 10.1. The Labute approximate surface area is 238 Å². The number of nitrogens with zero attached hydrogens (tertiary/aromatic N) is 2. The third kappa shape index (κ3) is 7.41. The fraction of sp³-hybridized carbons (Fsp3) is 0.259. The molecule has 38 heavy (non-hydrogen) atoms. The maximum Gasteiger partial charge on any atom is 0.264 e. The van der Waals surface area contributed by atoms with Crippen molar-refractivity contribution in [2.45, 2.75) is 38.3 Å². The standard InChI is InChI=1S/C27H28Cl3N3O4S/c1-4-31-27(35)19(3)32(16-20-6-5-7-21(28)12-20)26(34)17-33(24-14-22(29)13-23(30)15-24)38(36,37)25-10-8-18(2)9-11-25/h5-15,19H,4,16-17H2,1-3H3,(H,31,35). The summed E-state index contributed by atoms with van der Waals surface area (Å²) in [6, 6.07) is 16.6. The Morgan fingerprint density at radius 1 is 0.921 bits per heavy atom. The number of anilines is 1. The first-order valence-electron chi connectivity index (χ1n) is 11.8. The van der Waals surface area contributed by atoms with E-state index in [-0.39, 0.29) is 33.1 Å². The largest absolute Gasteiger partial charge is 0.355 e. The van der Waals surface area contributed by atoms with Gasteiger partial charge in [-0.05, 0) is 68.8 Å². The molecule has 3 rings (SSSR count). The van der Waals surface area contributed by atoms with E-state index in [1.807, 2.05) is 6.92 Å². The van der Waals surface area contributed by atoms with Gasteiger partial charge in [-0.1, -0.05) is 64.6 Å². The lowest BCUT2D eigenvalue weighted by Gasteiger charge is -2.32. The minimum absolute atomic E-state index is 0.00911. The van der Waals surface area contributed by atoms with Gasteiger partial charge in [-0.25, -0.2) is 8.42 Å². The third-order valence-corrected chi connectivity index (χ3v) is 8.24. The molecule has 3 aromatic carbocycles. The van der Waals surface area contributed by atoms with E-state index >= 15 is 0 Å². The normalized spacial score (nSPS) is 12.1. The van der Waals surface area contributed by atoms with Crippen molar-refractivity contribution >= 4 is 62.3 Å². The molecule has 0 aliphatic rings. The van der Waals surface area contributed by atoms with Crippen LogP contribution in [-0.2, 0) is 26.2 Å². The number of aryl methyl sites for hydroxylation is 1. The number of likely N-dealkylation sites (N-methyl/N-ethyl adjacent to an activating group) is 1. The van der Waals surface area contributed by atoms with E-state index in [1.165, 1.54) is 35.2 Å². The van der Waals surface area contributed by atoms with E-state index in [0.29, 0.717) is 17.1 Å². The summed E-state index contributed by atoms with van der Waals surface area (Å²) >= 11 is 18.5. The molecule has 3 aromatic rings. The summed E-state index contributed by atoms with van der Waals surface area (Å²) in [4.78, 5) is 27.9. The number of hydrogen-bond acceptors (Lipinski definition) is 4. The second kappa shape index (κ2) is 12.8. The quantitative estimate of drug-likeness (QED) is 0.325. The molecule has 0 aliphatic heterocycles. The summed E-state index contributed by atoms with van der Waals surface area (Å²) in [5.41, 5.74) is 1.67. The van der Waals surface area contributed by atoms with Gasteiger partial charge < -0.3 is 10.2 Å². The van der Waals surface area contributed by atoms with Crippen LogP contribution in [0.5, 0.6) is 0 Å². The monoisotopic (exact) mass is 595 g/mol. The van der Waals surface area contributed by atoms with E-state index in [4.69, 9.17) is 34.8 Å². The van der Waals surface area contributed by atoms with Gasteiger partial charge in [0.25, 0.3) is 10.0 Å². The van der Waals surface area contributed by atoms with Crippen molar-refractivity contribution in [2.75, 3.05) is 17.4 Å². The molecule has 0 radical (unpaired) electrons. The van der Waals surface area contributed by atoms with Crippen molar-refractivity contribution in [1.82, 2.24) is 10.2 Å². The number of amides is 2. The molecule has 0 aromatic heterocycles. The molecule has 0 saturated heterocycles. The van der Waals surface area contributed by atoms with E-state index in [9.17, 15) is 18.0 Å². The van der Waals surface area contributed by atoms with Crippen LogP contribution in [0.2, 0.25) is 15.1 Å². The number of benzene rings is 3. The summed E-state index contributed by atoms with van der Waals surface area (Å²) in [5, 5.41) is 3.59. The molecule has 2 amide bonds. The average Bonchev–Trinajstić information content (AvgIpc) is 2.85. The highest BCUT2D eigenvalue weighted by molar-refractivity contribution is 7.92. The minimum Gasteiger partial charge on any atom is -0.355 e. The summed E-state index contributed by atoms with van der Waals surface area (Å²) in [6.45, 7) is 5.00. The fourth-order valence-corrected chi connectivity index (χ4v) is 5.91. The van der Waals surface area contributed by atoms with Crippen molar-refractivity contribution in [1.29, 1.82) is 0 Å². The van der Waals surface area contributed by atoms with Crippen LogP contribution in [0.15, 0.2) is 71.6 Å². The number of halogens is 3. The fourth-order valence-electron chi connectivity index (χ4n) is 3.79. The lowest BCUT2D eigenvalue weighted by molar-refractivity contribution is -0.139. The first-order valence-corrected chi connectivity index (χ1v) is 14.4. The highest BCUT2D eigenvalue weighted by Gasteiger charge is 2.32. The summed E-state index contributed by atoms with van der Waals surface area (Å²) in [5.74, 6) is -0.975. The number of nitrogens with one attached hydrogen (secondary N) is 1. The zero-order chi connectivity index (χ0) is 28.0. The van der Waals surface area contributed by atoms with Crippen molar-refractivity contribution in [3.63, 3.8) is 0 Å². The number of carbonyl (C=O) groups excluding carboxylic acids is 2. The molecular weight excluding hydrogens is 569 g/mol. The molecule has 0 heterocycles. The first-order chi connectivity index (χ1) is 17.9. The Morgan fingerprint density at radius 3 is 2.13 bits per heavy atom. The molecule has 11 heteroatoms. The lowest BCUT2D eigenvalue weighted by Crippen LogP contribution is -2.51. The second-order valence-electron chi connectivity index (χ2n) is 8.67. The molecule has 1 atom stereocenters. The molecule has 0 fully saturated rings. The number of rotatable bonds is 10. The minimum atomic E-state index is -4.22. The zero-order valence-electron chi connectivity index (χ0n) is 21.1. The third-order valence-electron chi connectivity index (χ3n) is 5.78. The van der Waals surface area contributed by atoms with Crippen LogP contribution in [0.3, 0.4) is 0 Å². The molecule has 1 N–H and O–H groups in total. The van der Waals surface area contributed by atoms with Crippen molar-refractivity contribution in [2.24, 2.45) is 0 Å². The van der Waals surface area contributed by atoms with Crippen molar-refractivity contribution in [3.8, 4) is 0 Å². The van der Waals surface area contributed by atoms with Crippen LogP contribution in [0.4, 0.5) is 5.69 Å². The highest BCUT2D eigenvalue weighted by atomic mass is 35.5. The molecule has 0 spiro atoms. The zero-order valence-corrected chi connectivity index (χ0v) is 24.2. The lowest BCUT2D eigenvalue weighted by atomic mass is 10.1. The molecule has 0 aliphatic carbocycles. The van der Waals surface area contributed by atoms with Gasteiger partial charge in [0, 0.05) is 28.2 Å². The van der Waals surface area contributed by atoms with Gasteiger partial charge >= 0.3 is 0 Å². The molecule has 1 unspecified atom stereocenters. The van der Waals surface area contributed by atoms with Crippen LogP contribution < -0.4 is 9.62 Å². The summed E-state index contributed by atoms with van der Waals surface area (Å²) in [6.07, 6.45) is 0. The van der Waals surface area contributed by atoms with Crippen LogP contribution in [0, 0.1) is 6.92 Å². The van der Waals surface area contributed by atoms with Gasteiger partial charge in [-0.3, -0.25) is 13.9 Å². The second-order valence-corrected chi connectivity index (χ2v) is 11.8. The van der Waals surface area contributed by atoms with Crippen LogP contribution in [0.1, 0.15) is 25.0 Å². The van der Waals surface area contributed by atoms with E-state index in [2.05, 4.69) is 5.32 Å². The van der Waals surface area contributed by atoms with Crippen LogP contribution in [-0.4, -0.2) is 44.3 Å². The highest BCUT2D eigenvalue weighted by Crippen LogP contribution is 2.30. The Hall–Kier alpha value is -2.78. The Morgan fingerprint density at radius 2 is 1.55 bits per heavy atom. The van der Waals surface area contributed by atoms with Crippen LogP contribution >= 0.6 is 34.8 Å². The van der Waals surface area contributed by atoms with Gasteiger partial charge in [0.05, 0.1) is 10.6 Å². The topological polar surface area (TPSA) is 86.8 Å². The van der Waals surface area contributed by atoms with Gasteiger partial charge in [-0.15, -0.1) is 0 Å². The van der Waals surface area contributed by atoms with E-state index in [1.54, 1.807) is 50.2 Å². The smallest absolute Gasteiger partial charge is 0.264 e. The van der Waals surface area contributed by atoms with Gasteiger partial charge in [0.1, 0.15) is 12.6 Å². The Bertz CT molecular complexity index is 1400. The van der Waals surface area contributed by atoms with Crippen LogP contribution in [0.25, 0.3) is 0 Å². The predicted octanol–water partition coefficient (Wildman–Crippen LogP) is 5.70. The molecule has 7 nitrogen and oxygen atoms in total. The molecule has 0 saturated carbocycles. The number of hydrogen-bond donors (Lipinski definition) is 1. The molecule has 0 bridgehead atoms.